The first-order valence-electron chi connectivity index (χ1n) is 8.94. The number of pyridine rings is 1. The van der Waals surface area contributed by atoms with Crippen molar-refractivity contribution in [1.82, 2.24) is 9.47 Å². The van der Waals surface area contributed by atoms with E-state index < -0.39 is 0 Å². The van der Waals surface area contributed by atoms with E-state index >= 15 is 0 Å². The Morgan fingerprint density at radius 3 is 2.70 bits per heavy atom. The molecule has 1 saturated heterocycles. The zero-order valence-corrected chi connectivity index (χ0v) is 16.9. The topological polar surface area (TPSA) is 68.3 Å². The molecule has 0 bridgehead atoms. The highest BCUT2D eigenvalue weighted by atomic mass is 35.5. The smallest absolute Gasteiger partial charge is 0.255 e. The van der Waals surface area contributed by atoms with Crippen LogP contribution < -0.4 is 11.3 Å². The van der Waals surface area contributed by atoms with Gasteiger partial charge in [0.05, 0.1) is 12.1 Å². The molecule has 2 aromatic rings. The summed E-state index contributed by atoms with van der Waals surface area (Å²) in [5.41, 5.74) is 7.06. The van der Waals surface area contributed by atoms with Crippen molar-refractivity contribution in [1.29, 1.82) is 0 Å². The summed E-state index contributed by atoms with van der Waals surface area (Å²) in [6, 6.07) is 10.5. The van der Waals surface area contributed by atoms with Crippen molar-refractivity contribution in [2.24, 2.45) is 11.7 Å². The molecule has 3 rings (SSSR count). The molecular formula is C20H25Cl2N3O2. The Labute approximate surface area is 170 Å². The average molecular weight is 410 g/mol. The van der Waals surface area contributed by atoms with Crippen LogP contribution in [0.1, 0.15) is 35.7 Å². The van der Waals surface area contributed by atoms with Crippen LogP contribution in [-0.2, 0) is 6.54 Å². The van der Waals surface area contributed by atoms with Crippen molar-refractivity contribution < 1.29 is 4.79 Å². The number of amides is 1. The lowest BCUT2D eigenvalue weighted by molar-refractivity contribution is 0.0572. The Morgan fingerprint density at radius 1 is 1.26 bits per heavy atom. The first-order chi connectivity index (χ1) is 12.5. The van der Waals surface area contributed by atoms with Crippen LogP contribution in [0.4, 0.5) is 0 Å². The predicted molar refractivity (Wildman–Crippen MR) is 111 cm³/mol. The zero-order valence-electron chi connectivity index (χ0n) is 15.3. The van der Waals surface area contributed by atoms with E-state index in [1.54, 1.807) is 18.3 Å². The number of hydrogen-bond donors (Lipinski definition) is 1. The Bertz CT molecular complexity index is 853. The molecular weight excluding hydrogens is 385 g/mol. The predicted octanol–water partition coefficient (Wildman–Crippen LogP) is 3.17. The normalized spacial score (nSPS) is 19.4. The van der Waals surface area contributed by atoms with Crippen LogP contribution in [0.5, 0.6) is 0 Å². The van der Waals surface area contributed by atoms with Crippen molar-refractivity contribution >= 4 is 29.9 Å². The lowest BCUT2D eigenvalue weighted by Crippen LogP contribution is -2.49. The summed E-state index contributed by atoms with van der Waals surface area (Å²) in [4.78, 5) is 27.1. The number of nitrogens with zero attached hydrogens (tertiary/aromatic N) is 2. The van der Waals surface area contributed by atoms with Gasteiger partial charge in [-0.15, -0.1) is 12.4 Å². The maximum atomic E-state index is 13.0. The van der Waals surface area contributed by atoms with Gasteiger partial charge in [-0.2, -0.15) is 0 Å². The second kappa shape index (κ2) is 9.40. The molecule has 1 amide bonds. The van der Waals surface area contributed by atoms with Gasteiger partial charge >= 0.3 is 0 Å². The highest BCUT2D eigenvalue weighted by molar-refractivity contribution is 6.31. The molecule has 0 aliphatic carbocycles. The fourth-order valence-corrected chi connectivity index (χ4v) is 3.70. The molecule has 2 N–H and O–H groups in total. The number of piperidine rings is 1. The van der Waals surface area contributed by atoms with Crippen molar-refractivity contribution in [3.63, 3.8) is 0 Å². The molecule has 7 heteroatoms. The van der Waals surface area contributed by atoms with Gasteiger partial charge in [-0.3, -0.25) is 9.59 Å². The van der Waals surface area contributed by atoms with Crippen molar-refractivity contribution in [2.45, 2.75) is 32.4 Å². The lowest BCUT2D eigenvalue weighted by Gasteiger charge is -2.38. The molecule has 1 aliphatic heterocycles. The Morgan fingerprint density at radius 2 is 2.00 bits per heavy atom. The summed E-state index contributed by atoms with van der Waals surface area (Å²) >= 11 is 6.20. The molecule has 2 unspecified atom stereocenters. The summed E-state index contributed by atoms with van der Waals surface area (Å²) in [6.45, 7) is 3.67. The van der Waals surface area contributed by atoms with Crippen LogP contribution in [0.2, 0.25) is 5.02 Å². The fourth-order valence-electron chi connectivity index (χ4n) is 3.50. The van der Waals surface area contributed by atoms with Crippen molar-refractivity contribution in [3.8, 4) is 0 Å². The third-order valence-electron chi connectivity index (χ3n) is 5.04. The number of aromatic nitrogens is 1. The second-order valence-corrected chi connectivity index (χ2v) is 7.40. The monoisotopic (exact) mass is 409 g/mol. The fraction of sp³-hybridized carbons (Fsp3) is 0.400. The number of rotatable bonds is 4. The van der Waals surface area contributed by atoms with E-state index in [-0.39, 0.29) is 29.9 Å². The number of hydrogen-bond acceptors (Lipinski definition) is 3. The summed E-state index contributed by atoms with van der Waals surface area (Å²) in [6.07, 6.45) is 3.52. The molecule has 2 atom stereocenters. The standard InChI is InChI=1S/C20H24ClN3O2.ClH/c1-14-8-9-24(17(10-14)11-22)20(26)16-6-7-19(25)23(13-16)12-15-4-2-3-5-18(15)21;/h2-7,13-14,17H,8-12,22H2,1H3;1H. The third kappa shape index (κ3) is 4.92. The molecule has 0 radical (unpaired) electrons. The second-order valence-electron chi connectivity index (χ2n) is 6.99. The van der Waals surface area contributed by atoms with Crippen molar-refractivity contribution in [3.05, 3.63) is 69.1 Å². The molecule has 1 fully saturated rings. The Hall–Kier alpha value is -1.82. The minimum Gasteiger partial charge on any atom is -0.334 e. The number of carbonyl (C=O) groups is 1. The number of likely N-dealkylation sites (tertiary alicyclic amines) is 1. The SMILES string of the molecule is CC1CCN(C(=O)c2ccc(=O)n(Cc3ccccc3Cl)c2)C(CN)C1.Cl. The third-order valence-corrected chi connectivity index (χ3v) is 5.41. The van der Waals surface area contributed by atoms with Crippen LogP contribution in [0.15, 0.2) is 47.4 Å². The lowest BCUT2D eigenvalue weighted by atomic mass is 9.92. The number of nitrogens with two attached hydrogens (primary N) is 1. The number of benzene rings is 1. The van der Waals surface area contributed by atoms with Gasteiger partial charge in [-0.05, 0) is 36.5 Å². The molecule has 2 heterocycles. The largest absolute Gasteiger partial charge is 0.334 e. The molecule has 146 valence electrons. The quantitative estimate of drug-likeness (QED) is 0.842. The van der Waals surface area contributed by atoms with E-state index in [9.17, 15) is 9.59 Å². The first-order valence-corrected chi connectivity index (χ1v) is 9.32. The molecule has 1 aromatic heterocycles. The van der Waals surface area contributed by atoms with Gasteiger partial charge in [-0.25, -0.2) is 0 Å². The average Bonchev–Trinajstić information content (AvgIpc) is 2.64. The molecule has 5 nitrogen and oxygen atoms in total. The molecule has 0 spiro atoms. The summed E-state index contributed by atoms with van der Waals surface area (Å²) in [7, 11) is 0. The van der Waals surface area contributed by atoms with Gasteiger partial charge in [0, 0.05) is 36.4 Å². The van der Waals surface area contributed by atoms with Crippen LogP contribution in [-0.4, -0.2) is 34.5 Å². The van der Waals surface area contributed by atoms with Gasteiger partial charge < -0.3 is 15.2 Å². The summed E-state index contributed by atoms with van der Waals surface area (Å²) in [5, 5.41) is 0.601. The van der Waals surface area contributed by atoms with E-state index in [0.717, 1.165) is 18.4 Å². The van der Waals surface area contributed by atoms with E-state index in [2.05, 4.69) is 6.92 Å². The number of halogens is 2. The van der Waals surface area contributed by atoms with Crippen LogP contribution in [0, 0.1) is 5.92 Å². The Kier molecular flexibility index (Phi) is 7.48. The van der Waals surface area contributed by atoms with E-state index in [4.69, 9.17) is 17.3 Å². The van der Waals surface area contributed by atoms with E-state index in [1.165, 1.54) is 10.6 Å². The molecule has 0 saturated carbocycles. The summed E-state index contributed by atoms with van der Waals surface area (Å²) < 4.78 is 1.53. The number of carbonyl (C=O) groups excluding carboxylic acids is 1. The van der Waals surface area contributed by atoms with Crippen molar-refractivity contribution in [2.75, 3.05) is 13.1 Å². The summed E-state index contributed by atoms with van der Waals surface area (Å²) in [5.74, 6) is 0.502. The highest BCUT2D eigenvalue weighted by Crippen LogP contribution is 2.23. The van der Waals surface area contributed by atoms with Gasteiger partial charge in [0.15, 0.2) is 0 Å². The Balaban J connectivity index is 0.00000261. The van der Waals surface area contributed by atoms with Gasteiger partial charge in [0.1, 0.15) is 0 Å². The van der Waals surface area contributed by atoms with E-state index in [1.807, 2.05) is 23.1 Å². The molecule has 27 heavy (non-hydrogen) atoms. The molecule has 1 aliphatic rings. The maximum Gasteiger partial charge on any atom is 0.255 e. The minimum atomic E-state index is -0.163. The zero-order chi connectivity index (χ0) is 18.7. The van der Waals surface area contributed by atoms with Crippen LogP contribution in [0.25, 0.3) is 0 Å². The highest BCUT2D eigenvalue weighted by Gasteiger charge is 2.29. The van der Waals surface area contributed by atoms with Gasteiger partial charge in [0.2, 0.25) is 0 Å². The first kappa shape index (κ1) is 21.5. The van der Waals surface area contributed by atoms with Gasteiger partial charge in [-0.1, -0.05) is 36.7 Å². The molecule has 1 aromatic carbocycles. The van der Waals surface area contributed by atoms with Gasteiger partial charge in [0.25, 0.3) is 11.5 Å². The maximum absolute atomic E-state index is 13.0. The van der Waals surface area contributed by atoms with E-state index in [0.29, 0.717) is 36.1 Å². The minimum absolute atomic E-state index is 0. The van der Waals surface area contributed by atoms with Crippen LogP contribution in [0.3, 0.4) is 0 Å². The van der Waals surface area contributed by atoms with Crippen LogP contribution >= 0.6 is 24.0 Å².